The number of aromatic nitrogens is 2. The number of nitrogens with two attached hydrogens (primary N) is 1. The molecule has 2 aliphatic heterocycles. The molecule has 1 spiro atoms. The maximum Gasteiger partial charge on any atom is 0.416 e. The number of alkyl halides is 3. The third-order valence-corrected chi connectivity index (χ3v) is 6.20. The van der Waals surface area contributed by atoms with Crippen molar-refractivity contribution in [3.63, 3.8) is 0 Å². The van der Waals surface area contributed by atoms with Crippen LogP contribution in [0.1, 0.15) is 34.3 Å². The summed E-state index contributed by atoms with van der Waals surface area (Å²) in [5, 5.41) is 3.97. The highest BCUT2D eigenvalue weighted by Gasteiger charge is 2.45. The summed E-state index contributed by atoms with van der Waals surface area (Å²) in [6.45, 7) is 2.84. The standard InChI is InChI=1S/C20H21ClF3N5O2/c21-16-6-13(5-15(7-16)20(22,23)24)9-27-3-1-19(11-27)2-4-28(12-19)18(31)29-10-14(8-26-29)17(25)30/h5-8,10H,1-4,9,11-12H2,(H2,25,30)/t19-/m1/s1. The van der Waals surface area contributed by atoms with Crippen LogP contribution >= 0.6 is 11.6 Å². The van der Waals surface area contributed by atoms with E-state index in [-0.39, 0.29) is 22.0 Å². The van der Waals surface area contributed by atoms with E-state index in [1.165, 1.54) is 12.4 Å². The molecular formula is C20H21ClF3N5O2. The summed E-state index contributed by atoms with van der Waals surface area (Å²) in [5.74, 6) is -0.655. The monoisotopic (exact) mass is 455 g/mol. The van der Waals surface area contributed by atoms with E-state index in [2.05, 4.69) is 10.00 Å². The smallest absolute Gasteiger partial charge is 0.366 e. The quantitative estimate of drug-likeness (QED) is 0.770. The van der Waals surface area contributed by atoms with Gasteiger partial charge in [0.05, 0.1) is 17.3 Å². The third kappa shape index (κ3) is 4.54. The first kappa shape index (κ1) is 21.6. The lowest BCUT2D eigenvalue weighted by Gasteiger charge is -2.25. The fraction of sp³-hybridized carbons (Fsp3) is 0.450. The Labute approximate surface area is 181 Å². The lowest BCUT2D eigenvalue weighted by molar-refractivity contribution is -0.137. The summed E-state index contributed by atoms with van der Waals surface area (Å²) >= 11 is 5.90. The summed E-state index contributed by atoms with van der Waals surface area (Å²) in [4.78, 5) is 27.7. The van der Waals surface area contributed by atoms with Crippen molar-refractivity contribution in [1.29, 1.82) is 0 Å². The van der Waals surface area contributed by atoms with Gasteiger partial charge in [-0.25, -0.2) is 4.79 Å². The number of primary amides is 1. The number of halogens is 4. The van der Waals surface area contributed by atoms with Crippen LogP contribution in [0.15, 0.2) is 30.6 Å². The van der Waals surface area contributed by atoms with Crippen LogP contribution < -0.4 is 5.73 Å². The number of hydrogen-bond acceptors (Lipinski definition) is 4. The first-order valence-corrected chi connectivity index (χ1v) is 10.2. The number of likely N-dealkylation sites (tertiary alicyclic amines) is 2. The molecule has 2 N–H and O–H groups in total. The molecule has 2 fully saturated rings. The lowest BCUT2D eigenvalue weighted by atomic mass is 9.86. The molecule has 11 heteroatoms. The predicted octanol–water partition coefficient (Wildman–Crippen LogP) is 3.22. The molecular weight excluding hydrogens is 435 g/mol. The maximum absolute atomic E-state index is 13.1. The average molecular weight is 456 g/mol. The van der Waals surface area contributed by atoms with Crippen LogP contribution in [0.5, 0.6) is 0 Å². The van der Waals surface area contributed by atoms with E-state index in [0.717, 1.165) is 36.2 Å². The van der Waals surface area contributed by atoms with Gasteiger partial charge in [0.15, 0.2) is 0 Å². The van der Waals surface area contributed by atoms with Gasteiger partial charge in [0.25, 0.3) is 5.91 Å². The second-order valence-corrected chi connectivity index (χ2v) is 8.73. The molecule has 1 aromatic heterocycles. The largest absolute Gasteiger partial charge is 0.416 e. The predicted molar refractivity (Wildman–Crippen MR) is 107 cm³/mol. The highest BCUT2D eigenvalue weighted by atomic mass is 35.5. The Kier molecular flexibility index (Phi) is 5.47. The van der Waals surface area contributed by atoms with Crippen molar-refractivity contribution in [2.24, 2.45) is 11.1 Å². The van der Waals surface area contributed by atoms with E-state index < -0.39 is 17.6 Å². The van der Waals surface area contributed by atoms with Gasteiger partial charge in [-0.3, -0.25) is 9.69 Å². The minimum Gasteiger partial charge on any atom is -0.366 e. The number of carbonyl (C=O) groups excluding carboxylic acids is 2. The fourth-order valence-electron chi connectivity index (χ4n) is 4.46. The molecule has 2 aromatic rings. The zero-order valence-electron chi connectivity index (χ0n) is 16.5. The average Bonchev–Trinajstić information content (AvgIpc) is 3.41. The molecule has 1 atom stereocenters. The Morgan fingerprint density at radius 3 is 2.58 bits per heavy atom. The van der Waals surface area contributed by atoms with Crippen LogP contribution in [0.3, 0.4) is 0 Å². The van der Waals surface area contributed by atoms with Crippen LogP contribution in [0, 0.1) is 5.41 Å². The van der Waals surface area contributed by atoms with Gasteiger partial charge in [0, 0.05) is 42.8 Å². The summed E-state index contributed by atoms with van der Waals surface area (Å²) in [7, 11) is 0. The van der Waals surface area contributed by atoms with Gasteiger partial charge in [-0.15, -0.1) is 0 Å². The number of nitrogens with zero attached hydrogens (tertiary/aromatic N) is 4. The molecule has 0 aliphatic carbocycles. The topological polar surface area (TPSA) is 84.5 Å². The van der Waals surface area contributed by atoms with E-state index >= 15 is 0 Å². The Morgan fingerprint density at radius 1 is 1.16 bits per heavy atom. The maximum atomic E-state index is 13.1. The zero-order chi connectivity index (χ0) is 22.4. The van der Waals surface area contributed by atoms with E-state index in [0.29, 0.717) is 31.7 Å². The first-order chi connectivity index (χ1) is 14.5. The van der Waals surface area contributed by atoms with Crippen LogP contribution in [-0.4, -0.2) is 57.7 Å². The van der Waals surface area contributed by atoms with Crippen molar-refractivity contribution in [2.75, 3.05) is 26.2 Å². The van der Waals surface area contributed by atoms with Crippen molar-refractivity contribution in [2.45, 2.75) is 25.6 Å². The second-order valence-electron chi connectivity index (χ2n) is 8.30. The Bertz CT molecular complexity index is 1020. The van der Waals surface area contributed by atoms with Gasteiger partial charge in [0.2, 0.25) is 0 Å². The summed E-state index contributed by atoms with van der Waals surface area (Å²) in [6, 6.07) is 3.29. The number of rotatable bonds is 3. The molecule has 1 aromatic carbocycles. The van der Waals surface area contributed by atoms with Crippen LogP contribution in [0.4, 0.5) is 18.0 Å². The third-order valence-electron chi connectivity index (χ3n) is 5.98. The summed E-state index contributed by atoms with van der Waals surface area (Å²) < 4.78 is 40.3. The minimum atomic E-state index is -4.45. The molecule has 0 radical (unpaired) electrons. The number of benzene rings is 1. The summed E-state index contributed by atoms with van der Waals surface area (Å²) in [6.07, 6.45) is -0.242. The fourth-order valence-corrected chi connectivity index (χ4v) is 4.72. The first-order valence-electron chi connectivity index (χ1n) is 9.77. The van der Waals surface area contributed by atoms with E-state index in [4.69, 9.17) is 17.3 Å². The van der Waals surface area contributed by atoms with Crippen LogP contribution in [0.25, 0.3) is 0 Å². The molecule has 0 saturated carbocycles. The molecule has 0 bridgehead atoms. The molecule has 7 nitrogen and oxygen atoms in total. The van der Waals surface area contributed by atoms with E-state index in [1.54, 1.807) is 11.0 Å². The molecule has 2 amide bonds. The Morgan fingerprint density at radius 2 is 1.90 bits per heavy atom. The molecule has 2 aliphatic rings. The molecule has 31 heavy (non-hydrogen) atoms. The van der Waals surface area contributed by atoms with Gasteiger partial charge < -0.3 is 10.6 Å². The van der Waals surface area contributed by atoms with Gasteiger partial charge in [-0.1, -0.05) is 11.6 Å². The molecule has 166 valence electrons. The Hall–Kier alpha value is -2.59. The van der Waals surface area contributed by atoms with E-state index in [9.17, 15) is 22.8 Å². The van der Waals surface area contributed by atoms with Crippen molar-refractivity contribution < 1.29 is 22.8 Å². The van der Waals surface area contributed by atoms with Gasteiger partial charge >= 0.3 is 12.2 Å². The minimum absolute atomic E-state index is 0.0610. The van der Waals surface area contributed by atoms with Crippen molar-refractivity contribution in [3.8, 4) is 0 Å². The molecule has 4 rings (SSSR count). The normalized spacial score (nSPS) is 21.9. The Balaban J connectivity index is 1.40. The SMILES string of the molecule is NC(=O)c1cnn(C(=O)N2CC[C@@]3(CCN(Cc4cc(Cl)cc(C(F)(F)F)c4)C3)C2)c1. The number of hydrogen-bond donors (Lipinski definition) is 1. The highest BCUT2D eigenvalue weighted by Crippen LogP contribution is 2.40. The summed E-state index contributed by atoms with van der Waals surface area (Å²) in [5.41, 5.74) is 5.01. The number of carbonyl (C=O) groups is 2. The molecule has 2 saturated heterocycles. The van der Waals surface area contributed by atoms with Crippen molar-refractivity contribution >= 4 is 23.5 Å². The van der Waals surface area contributed by atoms with Gasteiger partial charge in [-0.2, -0.15) is 23.0 Å². The van der Waals surface area contributed by atoms with Crippen LogP contribution in [-0.2, 0) is 12.7 Å². The molecule has 0 unspecified atom stereocenters. The van der Waals surface area contributed by atoms with Gasteiger partial charge in [-0.05, 0) is 43.1 Å². The van der Waals surface area contributed by atoms with E-state index in [1.807, 2.05) is 0 Å². The zero-order valence-corrected chi connectivity index (χ0v) is 17.3. The second kappa shape index (κ2) is 7.83. The highest BCUT2D eigenvalue weighted by molar-refractivity contribution is 6.30. The van der Waals surface area contributed by atoms with Crippen molar-refractivity contribution in [3.05, 3.63) is 52.3 Å². The number of amides is 2. The van der Waals surface area contributed by atoms with Gasteiger partial charge in [0.1, 0.15) is 0 Å². The molecule has 3 heterocycles. The lowest BCUT2D eigenvalue weighted by Crippen LogP contribution is -2.36. The van der Waals surface area contributed by atoms with Crippen molar-refractivity contribution in [1.82, 2.24) is 19.6 Å². The van der Waals surface area contributed by atoms with Crippen LogP contribution in [0.2, 0.25) is 5.02 Å².